The van der Waals surface area contributed by atoms with Crippen molar-refractivity contribution in [1.82, 2.24) is 4.98 Å². The lowest BCUT2D eigenvalue weighted by molar-refractivity contribution is 0.615. The van der Waals surface area contributed by atoms with Crippen LogP contribution < -0.4 is 4.90 Å². The molecule has 1 aliphatic rings. The lowest BCUT2D eigenvalue weighted by Gasteiger charge is -2.16. The second-order valence-electron chi connectivity index (χ2n) is 3.80. The third-order valence-corrected chi connectivity index (χ3v) is 3.54. The number of furan rings is 1. The number of hydrogen-bond donors (Lipinski definition) is 0. The van der Waals surface area contributed by atoms with Gasteiger partial charge in [-0.25, -0.2) is 4.98 Å². The fourth-order valence-electron chi connectivity index (χ4n) is 2.04. The van der Waals surface area contributed by atoms with Crippen LogP contribution in [0.2, 0.25) is 0 Å². The summed E-state index contributed by atoms with van der Waals surface area (Å²) in [6.45, 7) is 2.09. The van der Waals surface area contributed by atoms with Gasteiger partial charge >= 0.3 is 0 Å². The van der Waals surface area contributed by atoms with E-state index >= 15 is 0 Å². The van der Waals surface area contributed by atoms with Crippen LogP contribution in [0.3, 0.4) is 0 Å². The van der Waals surface area contributed by atoms with E-state index in [2.05, 4.69) is 25.8 Å². The van der Waals surface area contributed by atoms with Gasteiger partial charge in [0.15, 0.2) is 0 Å². The molecule has 15 heavy (non-hydrogen) atoms. The van der Waals surface area contributed by atoms with Crippen LogP contribution in [0.1, 0.15) is 6.42 Å². The van der Waals surface area contributed by atoms with Gasteiger partial charge in [-0.1, -0.05) is 15.9 Å². The Morgan fingerprint density at radius 2 is 2.40 bits per heavy atom. The summed E-state index contributed by atoms with van der Waals surface area (Å²) in [6, 6.07) is 3.89. The standard InChI is InChI=1S/C11H11BrN2O/c12-8-2-5-14(7-8)11-9-3-6-15-10(9)1-4-13-11/h1,3-4,6,8H,2,5,7H2. The fourth-order valence-corrected chi connectivity index (χ4v) is 2.60. The number of nitrogens with zero attached hydrogens (tertiary/aromatic N) is 2. The van der Waals surface area contributed by atoms with E-state index in [9.17, 15) is 0 Å². The minimum absolute atomic E-state index is 0.585. The van der Waals surface area contributed by atoms with Crippen molar-refractivity contribution in [2.24, 2.45) is 0 Å². The second kappa shape index (κ2) is 3.52. The third kappa shape index (κ3) is 1.53. The zero-order chi connectivity index (χ0) is 10.3. The van der Waals surface area contributed by atoms with Crippen LogP contribution >= 0.6 is 15.9 Å². The van der Waals surface area contributed by atoms with E-state index < -0.39 is 0 Å². The highest BCUT2D eigenvalue weighted by atomic mass is 79.9. The Bertz CT molecular complexity index is 482. The molecule has 0 saturated carbocycles. The lowest BCUT2D eigenvalue weighted by Crippen LogP contribution is -2.20. The van der Waals surface area contributed by atoms with Gasteiger partial charge < -0.3 is 9.32 Å². The normalized spacial score (nSPS) is 21.4. The van der Waals surface area contributed by atoms with Crippen molar-refractivity contribution < 1.29 is 4.42 Å². The molecule has 3 heterocycles. The predicted molar refractivity (Wildman–Crippen MR) is 63.6 cm³/mol. The number of rotatable bonds is 1. The summed E-state index contributed by atoms with van der Waals surface area (Å²) in [4.78, 5) is 7.33. The fraction of sp³-hybridized carbons (Fsp3) is 0.364. The first-order chi connectivity index (χ1) is 7.34. The Labute approximate surface area is 96.2 Å². The molecule has 2 aromatic heterocycles. The number of fused-ring (bicyclic) bond motifs is 1. The van der Waals surface area contributed by atoms with E-state index in [-0.39, 0.29) is 0 Å². The molecule has 1 atom stereocenters. The first kappa shape index (κ1) is 9.21. The number of hydrogen-bond acceptors (Lipinski definition) is 3. The Morgan fingerprint density at radius 3 is 3.20 bits per heavy atom. The molecule has 2 aromatic rings. The number of pyridine rings is 1. The van der Waals surface area contributed by atoms with E-state index in [0.29, 0.717) is 4.83 Å². The van der Waals surface area contributed by atoms with Crippen LogP contribution in [-0.2, 0) is 0 Å². The van der Waals surface area contributed by atoms with Crippen LogP contribution in [0.4, 0.5) is 5.82 Å². The topological polar surface area (TPSA) is 29.3 Å². The van der Waals surface area contributed by atoms with Crippen molar-refractivity contribution in [3.05, 3.63) is 24.6 Å². The maximum atomic E-state index is 5.37. The molecule has 0 aliphatic carbocycles. The average Bonchev–Trinajstić information content (AvgIpc) is 2.84. The first-order valence-corrected chi connectivity index (χ1v) is 5.97. The lowest BCUT2D eigenvalue weighted by atomic mass is 10.3. The Hall–Kier alpha value is -1.03. The summed E-state index contributed by atoms with van der Waals surface area (Å²) in [5.41, 5.74) is 0.915. The van der Waals surface area contributed by atoms with Gasteiger partial charge in [0.05, 0.1) is 11.6 Å². The van der Waals surface area contributed by atoms with E-state index in [4.69, 9.17) is 4.42 Å². The minimum atomic E-state index is 0.585. The number of halogens is 1. The van der Waals surface area contributed by atoms with Gasteiger partial charge in [0, 0.05) is 24.1 Å². The van der Waals surface area contributed by atoms with E-state index in [1.54, 1.807) is 6.26 Å². The molecule has 0 amide bonds. The van der Waals surface area contributed by atoms with Crippen molar-refractivity contribution in [2.45, 2.75) is 11.2 Å². The molecule has 0 N–H and O–H groups in total. The molecule has 1 unspecified atom stereocenters. The second-order valence-corrected chi connectivity index (χ2v) is 5.09. The van der Waals surface area contributed by atoms with Crippen LogP contribution in [0, 0.1) is 0 Å². The molecule has 0 spiro atoms. The van der Waals surface area contributed by atoms with Crippen molar-refractivity contribution in [3.63, 3.8) is 0 Å². The van der Waals surface area contributed by atoms with Crippen molar-refractivity contribution in [2.75, 3.05) is 18.0 Å². The predicted octanol–water partition coefficient (Wildman–Crippen LogP) is 2.80. The van der Waals surface area contributed by atoms with Gasteiger partial charge in [-0.3, -0.25) is 0 Å². The summed E-state index contributed by atoms with van der Waals surface area (Å²) in [7, 11) is 0. The maximum absolute atomic E-state index is 5.37. The van der Waals surface area contributed by atoms with Gasteiger partial charge in [0.2, 0.25) is 0 Å². The molecule has 3 nitrogen and oxygen atoms in total. The van der Waals surface area contributed by atoms with Crippen molar-refractivity contribution in [1.29, 1.82) is 0 Å². The maximum Gasteiger partial charge on any atom is 0.139 e. The quantitative estimate of drug-likeness (QED) is 0.744. The van der Waals surface area contributed by atoms with Crippen LogP contribution in [0.5, 0.6) is 0 Å². The zero-order valence-corrected chi connectivity index (χ0v) is 9.77. The summed E-state index contributed by atoms with van der Waals surface area (Å²) in [6.07, 6.45) is 4.70. The molecule has 0 radical (unpaired) electrons. The molecule has 0 bridgehead atoms. The van der Waals surface area contributed by atoms with Gasteiger partial charge in [0.1, 0.15) is 11.4 Å². The SMILES string of the molecule is BrC1CCN(c2nccc3occc23)C1. The van der Waals surface area contributed by atoms with Gasteiger partial charge in [-0.15, -0.1) is 0 Å². The summed E-state index contributed by atoms with van der Waals surface area (Å²) >= 11 is 3.64. The molecule has 1 saturated heterocycles. The van der Waals surface area contributed by atoms with Crippen LogP contribution in [0.25, 0.3) is 11.0 Å². The average molecular weight is 267 g/mol. The van der Waals surface area contributed by atoms with E-state index in [1.807, 2.05) is 18.3 Å². The highest BCUT2D eigenvalue weighted by Crippen LogP contribution is 2.29. The summed E-state index contributed by atoms with van der Waals surface area (Å²) in [5.74, 6) is 1.04. The smallest absolute Gasteiger partial charge is 0.139 e. The number of aromatic nitrogens is 1. The summed E-state index contributed by atoms with van der Waals surface area (Å²) < 4.78 is 5.37. The monoisotopic (exact) mass is 266 g/mol. The minimum Gasteiger partial charge on any atom is -0.464 e. The largest absolute Gasteiger partial charge is 0.464 e. The van der Waals surface area contributed by atoms with Crippen LogP contribution in [-0.4, -0.2) is 22.9 Å². The van der Waals surface area contributed by atoms with Crippen molar-refractivity contribution in [3.8, 4) is 0 Å². The summed E-state index contributed by atoms with van der Waals surface area (Å²) in [5, 5.41) is 1.11. The molecule has 0 aromatic carbocycles. The Kier molecular flexibility index (Phi) is 2.16. The molecule has 1 aliphatic heterocycles. The van der Waals surface area contributed by atoms with E-state index in [1.165, 1.54) is 6.42 Å². The third-order valence-electron chi connectivity index (χ3n) is 2.79. The van der Waals surface area contributed by atoms with Gasteiger partial charge in [-0.05, 0) is 18.6 Å². The molecular weight excluding hydrogens is 256 g/mol. The number of alkyl halides is 1. The molecule has 3 rings (SSSR count). The molecular formula is C11H11BrN2O. The molecule has 4 heteroatoms. The van der Waals surface area contributed by atoms with Crippen molar-refractivity contribution >= 4 is 32.7 Å². The Balaban J connectivity index is 2.06. The highest BCUT2D eigenvalue weighted by Gasteiger charge is 2.22. The van der Waals surface area contributed by atoms with Crippen LogP contribution in [0.15, 0.2) is 29.0 Å². The van der Waals surface area contributed by atoms with Gasteiger partial charge in [-0.2, -0.15) is 0 Å². The highest BCUT2D eigenvalue weighted by molar-refractivity contribution is 9.09. The Morgan fingerprint density at radius 1 is 1.47 bits per heavy atom. The zero-order valence-electron chi connectivity index (χ0n) is 8.19. The van der Waals surface area contributed by atoms with E-state index in [0.717, 1.165) is 29.9 Å². The van der Waals surface area contributed by atoms with Gasteiger partial charge in [0.25, 0.3) is 0 Å². The first-order valence-electron chi connectivity index (χ1n) is 5.06. The number of anilines is 1. The molecule has 1 fully saturated rings. The molecule has 78 valence electrons.